The van der Waals surface area contributed by atoms with Crippen molar-refractivity contribution in [3.05, 3.63) is 18.4 Å². The predicted molar refractivity (Wildman–Crippen MR) is 38.5 cm³/mol. The highest BCUT2D eigenvalue weighted by Gasteiger charge is 1.91. The standard InChI is InChI=1S/C6H9NOS/c7-3-5-9-6-2-1-4-8-6/h1-2,4H,3,5,7H2. The number of rotatable bonds is 3. The second kappa shape index (κ2) is 3.58. The summed E-state index contributed by atoms with van der Waals surface area (Å²) >= 11 is 1.64. The van der Waals surface area contributed by atoms with Gasteiger partial charge in [0.1, 0.15) is 0 Å². The minimum absolute atomic E-state index is 0.700. The van der Waals surface area contributed by atoms with E-state index in [0.29, 0.717) is 6.54 Å². The summed E-state index contributed by atoms with van der Waals surface area (Å²) in [6, 6.07) is 3.80. The summed E-state index contributed by atoms with van der Waals surface area (Å²) < 4.78 is 5.04. The monoisotopic (exact) mass is 143 g/mol. The van der Waals surface area contributed by atoms with Crippen molar-refractivity contribution in [1.82, 2.24) is 0 Å². The Morgan fingerprint density at radius 2 is 2.56 bits per heavy atom. The first-order chi connectivity index (χ1) is 4.43. The lowest BCUT2D eigenvalue weighted by Gasteiger charge is -1.90. The molecule has 0 aliphatic carbocycles. The average Bonchev–Trinajstić information content (AvgIpc) is 2.34. The summed E-state index contributed by atoms with van der Waals surface area (Å²) in [5.41, 5.74) is 5.28. The lowest BCUT2D eigenvalue weighted by atomic mass is 10.7. The Labute approximate surface area is 58.4 Å². The number of hydrogen-bond donors (Lipinski definition) is 1. The average molecular weight is 143 g/mol. The summed E-state index contributed by atoms with van der Waals surface area (Å²) in [6.45, 7) is 0.700. The van der Waals surface area contributed by atoms with Crippen LogP contribution >= 0.6 is 11.8 Å². The molecule has 2 N–H and O–H groups in total. The van der Waals surface area contributed by atoms with Crippen LogP contribution in [0.5, 0.6) is 0 Å². The molecule has 9 heavy (non-hydrogen) atoms. The highest BCUT2D eigenvalue weighted by molar-refractivity contribution is 7.99. The van der Waals surface area contributed by atoms with Crippen molar-refractivity contribution in [2.24, 2.45) is 5.73 Å². The number of thioether (sulfide) groups is 1. The van der Waals surface area contributed by atoms with Gasteiger partial charge in [-0.3, -0.25) is 0 Å². The Kier molecular flexibility index (Phi) is 2.67. The van der Waals surface area contributed by atoms with E-state index in [2.05, 4.69) is 0 Å². The number of nitrogens with two attached hydrogens (primary N) is 1. The largest absolute Gasteiger partial charge is 0.458 e. The molecule has 0 aliphatic heterocycles. The van der Waals surface area contributed by atoms with E-state index in [1.165, 1.54) is 0 Å². The van der Waals surface area contributed by atoms with Crippen molar-refractivity contribution in [1.29, 1.82) is 0 Å². The van der Waals surface area contributed by atoms with Gasteiger partial charge in [0.2, 0.25) is 0 Å². The van der Waals surface area contributed by atoms with Gasteiger partial charge in [0, 0.05) is 12.3 Å². The Morgan fingerprint density at radius 1 is 1.67 bits per heavy atom. The van der Waals surface area contributed by atoms with E-state index in [-0.39, 0.29) is 0 Å². The van der Waals surface area contributed by atoms with Crippen LogP contribution in [0, 0.1) is 0 Å². The Hall–Kier alpha value is -0.410. The minimum Gasteiger partial charge on any atom is -0.458 e. The fourth-order valence-corrected chi connectivity index (χ4v) is 1.12. The van der Waals surface area contributed by atoms with Gasteiger partial charge in [-0.25, -0.2) is 0 Å². The molecule has 1 aromatic heterocycles. The van der Waals surface area contributed by atoms with Crippen molar-refractivity contribution in [2.75, 3.05) is 12.3 Å². The van der Waals surface area contributed by atoms with Gasteiger partial charge in [0.15, 0.2) is 5.09 Å². The molecule has 1 rings (SSSR count). The molecule has 0 spiro atoms. The maximum Gasteiger partial charge on any atom is 0.160 e. The van der Waals surface area contributed by atoms with E-state index in [4.69, 9.17) is 10.2 Å². The molecule has 50 valence electrons. The van der Waals surface area contributed by atoms with Crippen LogP contribution in [-0.4, -0.2) is 12.3 Å². The number of hydrogen-bond acceptors (Lipinski definition) is 3. The molecule has 1 heterocycles. The first-order valence-corrected chi connectivity index (χ1v) is 3.78. The first-order valence-electron chi connectivity index (χ1n) is 2.80. The van der Waals surface area contributed by atoms with Crippen molar-refractivity contribution >= 4 is 11.8 Å². The fraction of sp³-hybridized carbons (Fsp3) is 0.333. The van der Waals surface area contributed by atoms with Gasteiger partial charge in [0.25, 0.3) is 0 Å². The molecule has 2 nitrogen and oxygen atoms in total. The SMILES string of the molecule is NCCSc1ccco1. The molecule has 0 atom stereocenters. The minimum atomic E-state index is 0.700. The Balaban J connectivity index is 2.30. The summed E-state index contributed by atoms with van der Waals surface area (Å²) in [6.07, 6.45) is 1.67. The lowest BCUT2D eigenvalue weighted by Crippen LogP contribution is -2.00. The molecule has 0 fully saturated rings. The van der Waals surface area contributed by atoms with Crippen LogP contribution in [0.4, 0.5) is 0 Å². The molecule has 0 amide bonds. The van der Waals surface area contributed by atoms with Crippen molar-refractivity contribution < 1.29 is 4.42 Å². The molecule has 0 radical (unpaired) electrons. The van der Waals surface area contributed by atoms with E-state index < -0.39 is 0 Å². The maximum absolute atomic E-state index is 5.28. The molecule has 3 heteroatoms. The van der Waals surface area contributed by atoms with E-state index in [1.807, 2.05) is 12.1 Å². The van der Waals surface area contributed by atoms with Crippen LogP contribution in [0.15, 0.2) is 27.9 Å². The van der Waals surface area contributed by atoms with E-state index in [1.54, 1.807) is 18.0 Å². The third-order valence-corrected chi connectivity index (χ3v) is 1.81. The zero-order valence-electron chi connectivity index (χ0n) is 5.04. The second-order valence-electron chi connectivity index (χ2n) is 1.57. The van der Waals surface area contributed by atoms with Crippen LogP contribution in [0.3, 0.4) is 0 Å². The van der Waals surface area contributed by atoms with Crippen LogP contribution < -0.4 is 5.73 Å². The maximum atomic E-state index is 5.28. The van der Waals surface area contributed by atoms with Crippen molar-refractivity contribution in [3.8, 4) is 0 Å². The molecule has 0 saturated carbocycles. The lowest BCUT2D eigenvalue weighted by molar-refractivity contribution is 0.474. The van der Waals surface area contributed by atoms with Crippen LogP contribution in [0.1, 0.15) is 0 Å². The molecular weight excluding hydrogens is 134 g/mol. The van der Waals surface area contributed by atoms with Gasteiger partial charge in [-0.2, -0.15) is 0 Å². The van der Waals surface area contributed by atoms with Gasteiger partial charge in [0.05, 0.1) is 6.26 Å². The molecule has 1 aromatic rings. The van der Waals surface area contributed by atoms with E-state index >= 15 is 0 Å². The van der Waals surface area contributed by atoms with Gasteiger partial charge in [-0.1, -0.05) is 11.8 Å². The summed E-state index contributed by atoms with van der Waals surface area (Å²) in [7, 11) is 0. The molecule has 0 aliphatic rings. The second-order valence-corrected chi connectivity index (χ2v) is 2.67. The molecule has 0 unspecified atom stereocenters. The highest BCUT2D eigenvalue weighted by Crippen LogP contribution is 2.16. The summed E-state index contributed by atoms with van der Waals surface area (Å²) in [5, 5.41) is 0.945. The normalized spacial score (nSPS) is 9.89. The first kappa shape index (κ1) is 6.71. The van der Waals surface area contributed by atoms with E-state index in [0.717, 1.165) is 10.8 Å². The van der Waals surface area contributed by atoms with Crippen LogP contribution in [-0.2, 0) is 0 Å². The van der Waals surface area contributed by atoms with Crippen LogP contribution in [0.25, 0.3) is 0 Å². The van der Waals surface area contributed by atoms with Gasteiger partial charge < -0.3 is 10.2 Å². The molecular formula is C6H9NOS. The third kappa shape index (κ3) is 2.11. The quantitative estimate of drug-likeness (QED) is 0.649. The fourth-order valence-electron chi connectivity index (χ4n) is 0.505. The topological polar surface area (TPSA) is 39.2 Å². The van der Waals surface area contributed by atoms with Crippen LogP contribution in [0.2, 0.25) is 0 Å². The highest BCUT2D eigenvalue weighted by atomic mass is 32.2. The zero-order chi connectivity index (χ0) is 6.53. The smallest absolute Gasteiger partial charge is 0.160 e. The third-order valence-electron chi connectivity index (χ3n) is 0.857. The van der Waals surface area contributed by atoms with Gasteiger partial charge in [-0.05, 0) is 12.1 Å². The molecule has 0 bridgehead atoms. The molecule has 0 saturated heterocycles. The van der Waals surface area contributed by atoms with Gasteiger partial charge in [-0.15, -0.1) is 0 Å². The molecule has 0 aromatic carbocycles. The van der Waals surface area contributed by atoms with Gasteiger partial charge >= 0.3 is 0 Å². The van der Waals surface area contributed by atoms with E-state index in [9.17, 15) is 0 Å². The zero-order valence-corrected chi connectivity index (χ0v) is 5.86. The predicted octanol–water partition coefficient (Wildman–Crippen LogP) is 1.33. The summed E-state index contributed by atoms with van der Waals surface area (Å²) in [5.74, 6) is 0.924. The van der Waals surface area contributed by atoms with Crippen molar-refractivity contribution in [2.45, 2.75) is 5.09 Å². The summed E-state index contributed by atoms with van der Waals surface area (Å²) in [4.78, 5) is 0. The van der Waals surface area contributed by atoms with Crippen molar-refractivity contribution in [3.63, 3.8) is 0 Å². The number of furan rings is 1. The Morgan fingerprint density at radius 3 is 3.11 bits per heavy atom. The Bertz CT molecular complexity index is 150.